The van der Waals surface area contributed by atoms with Crippen LogP contribution in [0.25, 0.3) is 0 Å². The zero-order valence-electron chi connectivity index (χ0n) is 68.9. The van der Waals surface area contributed by atoms with E-state index in [1.54, 1.807) is 92.1 Å². The van der Waals surface area contributed by atoms with E-state index in [0.717, 1.165) is 82.6 Å². The Morgan fingerprint density at radius 1 is 0.317 bits per heavy atom. The molecule has 0 fully saturated rings. The minimum absolute atomic E-state index is 0.0605. The molecule has 38 heteroatoms. The standard InChI is InChI=1S/C18H24N3OP.C16H17FNO3P.2C16H19N2OP.C16H18NO2P.10ClH.5Ti/c1-19-12-13-8-6-7-9-16(13)23-17-11-14(20(2)3)10-15(18(17)22)21(4)5;1-18-9-10-6-11(17)4-5-14(10)22-15-8-12(20-2)7-13(21-3)16(15)19;1-17-11-12-7-4-5-9-14(12)20-15-10-6-8-13(16(15)19)18(2)3;1-17-11-12-6-4-5-7-15(12)20-16-10-13(18(2)3)8-9-14(16)19;1-11-4-7-15(12(8-11)10-17-2)20-16-9-13(19-3)5-6-14(16)18;;;;;;;;;;;;;;;/h6-12,22-23H,1-5H3;4-9,19,22H,1-3H3;2*4-11,19-20H,1-3H3;4-10,18,20H,1-3H3;10*1H;;;;;/q;;;;;;;;;;;;;;;5*+2/p-10. The van der Waals surface area contributed by atoms with Crippen LogP contribution in [-0.4, -0.2) is 170 Å². The quantitative estimate of drug-likeness (QED) is 0.0244. The monoisotopic (exact) mass is 2100 g/mol. The second-order valence-corrected chi connectivity index (χ2v) is 44.0. The summed E-state index contributed by atoms with van der Waals surface area (Å²) in [5.41, 5.74) is 10.1. The minimum atomic E-state index is -0.556. The molecule has 17 nitrogen and oxygen atoms in total. The van der Waals surface area contributed by atoms with Crippen LogP contribution < -0.4 is 86.9 Å². The summed E-state index contributed by atoms with van der Waals surface area (Å²) in [7, 11) is 79.7. The molecule has 0 aliphatic heterocycles. The van der Waals surface area contributed by atoms with Crippen molar-refractivity contribution in [2.24, 2.45) is 25.0 Å². The number of para-hydroxylation sites is 1. The molecule has 0 amide bonds. The molecule has 0 saturated heterocycles. The van der Waals surface area contributed by atoms with Crippen LogP contribution >= 0.6 is 136 Å². The second-order valence-electron chi connectivity index (χ2n) is 24.4. The van der Waals surface area contributed by atoms with Gasteiger partial charge in [-0.3, -0.25) is 25.0 Å². The van der Waals surface area contributed by atoms with Gasteiger partial charge in [0.2, 0.25) is 0 Å². The van der Waals surface area contributed by atoms with E-state index in [2.05, 4.69) is 85.3 Å². The van der Waals surface area contributed by atoms with Crippen LogP contribution in [0.4, 0.5) is 27.1 Å². The molecule has 5 N–H and O–H groups in total. The molecule has 0 radical (unpaired) electrons. The van der Waals surface area contributed by atoms with Crippen molar-refractivity contribution in [3.63, 3.8) is 0 Å². The molecule has 0 spiro atoms. The number of nitrogens with zero attached hydrogens (tertiary/aromatic N) is 9. The van der Waals surface area contributed by atoms with E-state index in [1.807, 2.05) is 187 Å². The van der Waals surface area contributed by atoms with Gasteiger partial charge in [-0.25, -0.2) is 4.39 Å². The molecule has 10 aromatic rings. The maximum absolute atomic E-state index is 13.4. The fourth-order valence-electron chi connectivity index (χ4n) is 10.1. The third-order valence-corrected chi connectivity index (χ3v) is 22.5. The zero-order valence-corrected chi connectivity index (χ0v) is 89.3. The Bertz CT molecular complexity index is 4760. The van der Waals surface area contributed by atoms with Crippen molar-refractivity contribution in [1.29, 1.82) is 0 Å². The number of rotatable bonds is 22. The van der Waals surface area contributed by atoms with Crippen molar-refractivity contribution in [2.45, 2.75) is 6.92 Å². The molecule has 0 aliphatic carbocycles. The summed E-state index contributed by atoms with van der Waals surface area (Å²) >= 11 is -2.78. The van der Waals surface area contributed by atoms with Crippen molar-refractivity contribution >= 4 is 243 Å². The molecule has 10 rings (SSSR count). The first-order valence-electron chi connectivity index (χ1n) is 35.0. The van der Waals surface area contributed by atoms with Gasteiger partial charge in [-0.2, -0.15) is 0 Å². The number of phenols is 5. The predicted molar refractivity (Wildman–Crippen MR) is 518 cm³/mol. The van der Waals surface area contributed by atoms with Crippen LogP contribution in [-0.2, 0) is 85.2 Å². The molecular weight excluding hydrogens is 2010 g/mol. The number of aliphatic imine (C=N–C) groups is 5. The van der Waals surface area contributed by atoms with E-state index in [0.29, 0.717) is 79.7 Å². The molecule has 0 heterocycles. The van der Waals surface area contributed by atoms with Crippen molar-refractivity contribution < 1.29 is 129 Å². The number of anilines is 4. The van der Waals surface area contributed by atoms with Crippen LogP contribution in [0.15, 0.2) is 213 Å². The average molecular weight is 2100 g/mol. The van der Waals surface area contributed by atoms with E-state index in [4.69, 9.17) is 107 Å². The summed E-state index contributed by atoms with van der Waals surface area (Å²) in [5, 5.41) is 61.3. The van der Waals surface area contributed by atoms with Gasteiger partial charge >= 0.3 is 178 Å². The van der Waals surface area contributed by atoms with Crippen LogP contribution in [0.2, 0.25) is 0 Å². The van der Waals surface area contributed by atoms with Gasteiger partial charge in [0.25, 0.3) is 0 Å². The Hall–Kier alpha value is -3.30. The summed E-state index contributed by atoms with van der Waals surface area (Å²) in [6.07, 6.45) is 9.03. The molecule has 120 heavy (non-hydrogen) atoms. The van der Waals surface area contributed by atoms with Crippen LogP contribution in [0, 0.1) is 12.7 Å². The van der Waals surface area contributed by atoms with Gasteiger partial charge in [0.05, 0.1) is 32.7 Å². The van der Waals surface area contributed by atoms with Crippen molar-refractivity contribution in [3.8, 4) is 46.0 Å². The maximum atomic E-state index is 13.4. The number of hydrogen-bond donors (Lipinski definition) is 5. The van der Waals surface area contributed by atoms with Gasteiger partial charge in [0.15, 0.2) is 11.5 Å². The Kier molecular flexibility index (Phi) is 64.9. The second kappa shape index (κ2) is 67.9. The normalized spacial score (nSPS) is 10.7. The Morgan fingerprint density at radius 3 is 1.09 bits per heavy atom. The molecule has 10 aromatic carbocycles. The Morgan fingerprint density at radius 2 is 0.667 bits per heavy atom. The summed E-state index contributed by atoms with van der Waals surface area (Å²) in [6.45, 7) is 2.06. The fourth-order valence-corrected chi connectivity index (χ4v) is 16.1. The SMILES string of the molecule is CN=Cc1cc(C)ccc1Pc1cc(OC)ccc1O.CN=Cc1cc(F)ccc1Pc1cc(OC)cc(OC)c1O.CN=Cc1ccccc1Pc1cc(N(C)C)cc(N(C)C)c1O.CN=Cc1ccccc1Pc1cc(N(C)C)ccc1O.CN=Cc1ccccc1Pc1cccc(N(C)C)c1O.[Cl][Ti][Cl].[Cl][Ti][Cl].[Cl][Ti][Cl].[Cl][Ti][Cl].[Cl][Ti][Cl]. The molecule has 0 aromatic heterocycles. The van der Waals surface area contributed by atoms with E-state index in [9.17, 15) is 29.9 Å². The number of aromatic hydroxyl groups is 5. The first-order valence-corrected chi connectivity index (χ1v) is 61.5. The van der Waals surface area contributed by atoms with Gasteiger partial charge in [-0.15, -0.1) is 0 Å². The molecule has 0 aliphatic rings. The van der Waals surface area contributed by atoms with E-state index >= 15 is 0 Å². The molecule has 5 unspecified atom stereocenters. The van der Waals surface area contributed by atoms with E-state index in [-0.39, 0.29) is 20.1 Å². The van der Waals surface area contributed by atoms with Crippen LogP contribution in [0.3, 0.4) is 0 Å². The first kappa shape index (κ1) is 115. The van der Waals surface area contributed by atoms with Crippen molar-refractivity contribution in [2.75, 3.05) is 133 Å². The summed E-state index contributed by atoms with van der Waals surface area (Å²) in [6, 6.07) is 59.5. The van der Waals surface area contributed by atoms with E-state index in [1.165, 1.54) is 40.7 Å². The average Bonchev–Trinajstić information content (AvgIpc) is 0.817. The molecular formula is C82H97Cl10FN9O8P5Ti5. The van der Waals surface area contributed by atoms with Crippen molar-refractivity contribution in [1.82, 2.24) is 0 Å². The first-order chi connectivity index (χ1) is 57.5. The number of halogens is 11. The Labute approximate surface area is 800 Å². The number of aryl methyl sites for hydroxylation is 1. The summed E-state index contributed by atoms with van der Waals surface area (Å²) in [5.74, 6) is 2.77. The third kappa shape index (κ3) is 43.5. The van der Waals surface area contributed by atoms with E-state index < -0.39 is 85.2 Å². The van der Waals surface area contributed by atoms with Gasteiger partial charge in [0, 0.05) is 178 Å². The van der Waals surface area contributed by atoms with Crippen LogP contribution in [0.1, 0.15) is 33.4 Å². The fraction of sp³-hybridized carbons (Fsp3) is 0.207. The number of benzene rings is 10. The third-order valence-electron chi connectivity index (χ3n) is 15.6. The van der Waals surface area contributed by atoms with Crippen LogP contribution in [0.5, 0.6) is 46.0 Å². The van der Waals surface area contributed by atoms with Gasteiger partial charge in [-0.05, 0) is 129 Å². The van der Waals surface area contributed by atoms with Gasteiger partial charge in [-0.1, -0.05) is 152 Å². The molecule has 0 bridgehead atoms. The Balaban J connectivity index is 0.000000719. The summed E-state index contributed by atoms with van der Waals surface area (Å²) < 4.78 is 29.0. The number of ether oxygens (including phenoxy) is 3. The topological polar surface area (TPSA) is 204 Å². The molecule has 640 valence electrons. The number of hydrogen-bond acceptors (Lipinski definition) is 17. The molecule has 5 atom stereocenters. The predicted octanol–water partition coefficient (Wildman–Crippen LogP) is 18.0. The molecule has 0 saturated carbocycles. The van der Waals surface area contributed by atoms with Gasteiger partial charge in [0.1, 0.15) is 40.3 Å². The van der Waals surface area contributed by atoms with Gasteiger partial charge < -0.3 is 59.3 Å². The van der Waals surface area contributed by atoms with Crippen molar-refractivity contribution in [3.05, 3.63) is 227 Å². The number of methoxy groups -OCH3 is 3. The summed E-state index contributed by atoms with van der Waals surface area (Å²) in [4.78, 5) is 28.3. The zero-order chi connectivity index (χ0) is 90.2. The number of phenolic OH excluding ortho intramolecular Hbond substituents is 5.